The van der Waals surface area contributed by atoms with Gasteiger partial charge in [-0.3, -0.25) is 4.98 Å². The number of rotatable bonds is 13. The van der Waals surface area contributed by atoms with Crippen molar-refractivity contribution in [2.24, 2.45) is 0 Å². The predicted molar refractivity (Wildman–Crippen MR) is 315 cm³/mol. The molecule has 0 spiro atoms. The molecule has 3 saturated heterocycles. The van der Waals surface area contributed by atoms with Crippen molar-refractivity contribution in [3.8, 4) is 61.8 Å². The molecule has 5 aliphatic rings. The first-order valence-corrected chi connectivity index (χ1v) is 29.1. The van der Waals surface area contributed by atoms with Crippen LogP contribution in [0.2, 0.25) is 0 Å². The second kappa shape index (κ2) is 26.0. The molecule has 8 heterocycles. The Labute approximate surface area is 526 Å². The number of hydrogen-bond donors (Lipinski definition) is 16. The Kier molecular flexibility index (Phi) is 18.3. The van der Waals surface area contributed by atoms with E-state index in [1.54, 1.807) is 36.4 Å². The van der Waals surface area contributed by atoms with Crippen LogP contribution in [0.4, 0.5) is 26.3 Å². The lowest BCUT2D eigenvalue weighted by molar-refractivity contribution is -0.277. The average molecular weight is 1320 g/mol. The molecule has 24 nitrogen and oxygen atoms in total. The molecule has 94 heavy (non-hydrogen) atoms. The molecule has 498 valence electrons. The fourth-order valence-corrected chi connectivity index (χ4v) is 11.9. The zero-order valence-electron chi connectivity index (χ0n) is 48.4. The number of halogens is 6. The van der Waals surface area contributed by atoms with Crippen molar-refractivity contribution in [2.75, 3.05) is 19.8 Å². The number of alkyl halides is 6. The molecule has 3 aromatic heterocycles. The maximum absolute atomic E-state index is 14.9. The summed E-state index contributed by atoms with van der Waals surface area (Å²) in [6, 6.07) is 24.1. The summed E-state index contributed by atoms with van der Waals surface area (Å²) in [7, 11) is 0. The highest BCUT2D eigenvalue weighted by molar-refractivity contribution is 5.98. The number of fused-ring (bicyclic) bond motifs is 8. The Hall–Kier alpha value is -7.96. The Bertz CT molecular complexity index is 4130. The molecule has 5 aliphatic heterocycles. The SMILES string of the molecule is OCC1O[C@@H](Oc2cccc(-c3c4nc(c(-c5cccc(O[C@@H]6OC(CO)[C@@H](O)C(O)[C@@H]6O)c5)c5ccc([nH]5)c(-c5cc(C(F)(F)F)cc(C(F)(F)F)c5)c5nc(c(-c6cccc(O[C@@H]7OC(CO)[C@@H](O)C(O)[C@@H]7O)c6)c6ccc3[nH]6)[C@@H](O)[C@H]5O)C=C4)c2)[C@@H](O)C(O)[C@@H]1O. The van der Waals surface area contributed by atoms with Gasteiger partial charge in [0.2, 0.25) is 18.9 Å². The lowest BCUT2D eigenvalue weighted by Crippen LogP contribution is -2.60. The van der Waals surface area contributed by atoms with Gasteiger partial charge in [-0.15, -0.1) is 0 Å². The maximum atomic E-state index is 14.9. The molecule has 0 aliphatic carbocycles. The van der Waals surface area contributed by atoms with Crippen LogP contribution in [-0.4, -0.2) is 203 Å². The second-order valence-electron chi connectivity index (χ2n) is 22.9. The second-order valence-corrected chi connectivity index (χ2v) is 22.9. The molecule has 17 atom stereocenters. The number of H-pyrrole nitrogens is 2. The van der Waals surface area contributed by atoms with Crippen molar-refractivity contribution in [1.29, 1.82) is 0 Å². The number of nitrogens with zero attached hydrogens (tertiary/aromatic N) is 2. The Balaban J connectivity index is 1.15. The monoisotopic (exact) mass is 1320 g/mol. The van der Waals surface area contributed by atoms with Crippen LogP contribution in [-0.2, 0) is 26.6 Å². The van der Waals surface area contributed by atoms with E-state index in [-0.39, 0.29) is 84.6 Å². The van der Waals surface area contributed by atoms with E-state index in [4.69, 9.17) is 38.4 Å². The molecule has 0 radical (unpaired) electrons. The van der Waals surface area contributed by atoms with Crippen LogP contribution in [0.15, 0.2) is 115 Å². The molecule has 4 aromatic carbocycles. The van der Waals surface area contributed by atoms with Crippen molar-refractivity contribution in [3.63, 3.8) is 0 Å². The zero-order valence-corrected chi connectivity index (χ0v) is 48.4. The number of ether oxygens (including phenoxy) is 6. The topological polar surface area (TPSA) is 396 Å². The largest absolute Gasteiger partial charge is 0.462 e. The van der Waals surface area contributed by atoms with Gasteiger partial charge in [-0.05, 0) is 113 Å². The van der Waals surface area contributed by atoms with Crippen LogP contribution in [0.1, 0.15) is 46.1 Å². The highest BCUT2D eigenvalue weighted by atomic mass is 19.4. The smallest absolute Gasteiger partial charge is 0.416 e. The molecule has 7 aromatic rings. The standard InChI is InChI=1S/C64H60F6N4O20/c65-63(66,67)29-16-28(17-30(21-29)64(68,69)70)46-39-15-13-37(73-39)44(26-5-2-8-32(19-26)90-61-58(87)55(84)50(79)41(23-76)93-61)35-11-10-34(71-35)43(25-4-1-7-31(18-25)89-60-57(86)54(83)49(78)40(22-75)92-60)36-12-14-38(72-36)45(47-52(81)53(82)48(46)74-47)27-6-3-9-33(20-27)91-62-59(88)56(85)51(80)42(24-77)94-62/h1-21,40-42,49-62,72-73,75-88H,22-24H2/t40?,41?,42?,49-,50-,51-,52-,53+,54?,55?,56?,57+,58+,59+,60-,61-,62-/m1/s1. The van der Waals surface area contributed by atoms with Crippen LogP contribution in [0.25, 0.3) is 78.7 Å². The van der Waals surface area contributed by atoms with E-state index in [1.165, 1.54) is 72.8 Å². The van der Waals surface area contributed by atoms with Crippen molar-refractivity contribution in [3.05, 3.63) is 149 Å². The van der Waals surface area contributed by atoms with Gasteiger partial charge in [-0.1, -0.05) is 36.4 Å². The van der Waals surface area contributed by atoms with E-state index in [1.807, 2.05) is 0 Å². The van der Waals surface area contributed by atoms with E-state index in [2.05, 4.69) is 9.97 Å². The third-order valence-electron chi connectivity index (χ3n) is 16.8. The van der Waals surface area contributed by atoms with Crippen molar-refractivity contribution < 1.29 is 126 Å². The average Bonchev–Trinajstić information content (AvgIpc) is 1.60. The first-order valence-electron chi connectivity index (χ1n) is 29.1. The first kappa shape index (κ1) is 66.1. The molecule has 6 unspecified atom stereocenters. The van der Waals surface area contributed by atoms with Gasteiger partial charge in [0.05, 0.1) is 53.7 Å². The van der Waals surface area contributed by atoms with Gasteiger partial charge in [0.15, 0.2) is 0 Å². The lowest BCUT2D eigenvalue weighted by Gasteiger charge is -2.39. The summed E-state index contributed by atoms with van der Waals surface area (Å²) in [4.78, 5) is 16.3. The number of nitrogens with one attached hydrogen (secondary N) is 2. The van der Waals surface area contributed by atoms with Gasteiger partial charge in [-0.25, -0.2) is 4.98 Å². The summed E-state index contributed by atoms with van der Waals surface area (Å²) < 4.78 is 124. The minimum atomic E-state index is -5.39. The molecule has 8 bridgehead atoms. The Morgan fingerprint density at radius 1 is 0.372 bits per heavy atom. The summed E-state index contributed by atoms with van der Waals surface area (Å²) in [5.74, 6) is -0.186. The zero-order chi connectivity index (χ0) is 67.0. The molecule has 16 N–H and O–H groups in total. The molecular weight excluding hydrogens is 1260 g/mol. The van der Waals surface area contributed by atoms with Crippen LogP contribution in [0.5, 0.6) is 17.2 Å². The Morgan fingerprint density at radius 2 is 0.691 bits per heavy atom. The number of benzene rings is 4. The van der Waals surface area contributed by atoms with Crippen molar-refractivity contribution >= 4 is 34.2 Å². The van der Waals surface area contributed by atoms with Gasteiger partial charge in [0, 0.05) is 44.3 Å². The summed E-state index contributed by atoms with van der Waals surface area (Å²) >= 11 is 0. The summed E-state index contributed by atoms with van der Waals surface area (Å²) in [5, 5.41) is 151. The normalized spacial score (nSPS) is 28.9. The van der Waals surface area contributed by atoms with Gasteiger partial charge in [0.25, 0.3) is 0 Å². The lowest BCUT2D eigenvalue weighted by atomic mass is 9.95. The summed E-state index contributed by atoms with van der Waals surface area (Å²) in [5.41, 5.74) is -4.79. The Morgan fingerprint density at radius 3 is 1.02 bits per heavy atom. The highest BCUT2D eigenvalue weighted by Gasteiger charge is 2.48. The van der Waals surface area contributed by atoms with Gasteiger partial charge < -0.3 is 110 Å². The fourth-order valence-electron chi connectivity index (χ4n) is 11.9. The van der Waals surface area contributed by atoms with Crippen LogP contribution in [0, 0.1) is 0 Å². The van der Waals surface area contributed by atoms with E-state index >= 15 is 0 Å². The minimum Gasteiger partial charge on any atom is -0.462 e. The summed E-state index contributed by atoms with van der Waals surface area (Å²) in [6.07, 6.45) is -37.6. The molecule has 3 fully saturated rings. The van der Waals surface area contributed by atoms with Crippen LogP contribution < -0.4 is 14.2 Å². The molecule has 0 amide bonds. The fraction of sp³-hybridized carbons (Fsp3) is 0.344. The first-order chi connectivity index (χ1) is 44.7. The van der Waals surface area contributed by atoms with Crippen molar-refractivity contribution in [2.45, 2.75) is 117 Å². The summed E-state index contributed by atoms with van der Waals surface area (Å²) in [6.45, 7) is -2.37. The number of aromatic amines is 2. The third kappa shape index (κ3) is 12.5. The quantitative estimate of drug-likeness (QED) is 0.0735. The molecular formula is C64H60F6N4O20. The number of hydrogen-bond acceptors (Lipinski definition) is 22. The van der Waals surface area contributed by atoms with Crippen LogP contribution >= 0.6 is 0 Å². The maximum Gasteiger partial charge on any atom is 0.416 e. The van der Waals surface area contributed by atoms with E-state index < -0.39 is 170 Å². The predicted octanol–water partition coefficient (Wildman–Crippen LogP) is 3.49. The van der Waals surface area contributed by atoms with Gasteiger partial charge in [0.1, 0.15) is 103 Å². The van der Waals surface area contributed by atoms with E-state index in [0.29, 0.717) is 17.7 Å². The molecule has 0 saturated carbocycles. The molecule has 30 heteroatoms. The number of aromatic nitrogens is 4. The third-order valence-corrected chi connectivity index (χ3v) is 16.8. The highest BCUT2D eigenvalue weighted by Crippen LogP contribution is 2.48. The number of aliphatic hydroxyl groups excluding tert-OH is 14. The minimum absolute atomic E-state index is 0.00143. The van der Waals surface area contributed by atoms with E-state index in [0.717, 1.165) is 0 Å². The van der Waals surface area contributed by atoms with E-state index in [9.17, 15) is 97.8 Å². The molecule has 12 rings (SSSR count). The van der Waals surface area contributed by atoms with Crippen LogP contribution in [0.3, 0.4) is 0 Å². The van der Waals surface area contributed by atoms with Gasteiger partial charge in [-0.2, -0.15) is 26.3 Å². The van der Waals surface area contributed by atoms with Gasteiger partial charge >= 0.3 is 12.4 Å². The van der Waals surface area contributed by atoms with Crippen molar-refractivity contribution in [1.82, 2.24) is 19.9 Å². The number of aliphatic hydroxyl groups is 14.